The van der Waals surface area contributed by atoms with Crippen LogP contribution in [0.5, 0.6) is 0 Å². The number of aliphatic hydroxyl groups excluding tert-OH is 1. The average Bonchev–Trinajstić information content (AvgIpc) is 2.27. The van der Waals surface area contributed by atoms with E-state index in [1.54, 1.807) is 6.07 Å². The first-order valence-corrected chi connectivity index (χ1v) is 5.20. The summed E-state index contributed by atoms with van der Waals surface area (Å²) in [7, 11) is 0. The van der Waals surface area contributed by atoms with Crippen molar-refractivity contribution in [3.63, 3.8) is 0 Å². The normalized spacial score (nSPS) is 9.70. The summed E-state index contributed by atoms with van der Waals surface area (Å²) < 4.78 is 17.6. The van der Waals surface area contributed by atoms with Gasteiger partial charge in [0, 0.05) is 24.5 Å². The Hall–Kier alpha value is -1.27. The molecule has 0 amide bonds. The standard InChI is InChI=1S/C11H10FO3.C2H4O2.Hg/c1-8(14)15-11(5-6-13)9-3-2-4-10(12)7-9;1-2(3)4;/h2-4,7,13H,6H2,1H3;1H3,(H,3,4);/q;;+1/p-1. The second kappa shape index (κ2) is 11.5. The third-order valence-electron chi connectivity index (χ3n) is 1.57. The Labute approximate surface area is 136 Å². The summed E-state index contributed by atoms with van der Waals surface area (Å²) >= 11 is 0. The number of halogens is 1. The maximum atomic E-state index is 12.9. The molecule has 0 aromatic heterocycles. The predicted octanol–water partition coefficient (Wildman–Crippen LogP) is 0.279. The van der Waals surface area contributed by atoms with Crippen LogP contribution in [-0.4, -0.2) is 23.7 Å². The van der Waals surface area contributed by atoms with Gasteiger partial charge in [-0.05, 0) is 19.1 Å². The summed E-state index contributed by atoms with van der Waals surface area (Å²) in [5.74, 6) is -2.04. The molecule has 0 aliphatic carbocycles. The Morgan fingerprint density at radius 3 is 2.35 bits per heavy atom. The summed E-state index contributed by atoms with van der Waals surface area (Å²) in [6, 6.07) is 5.51. The van der Waals surface area contributed by atoms with Gasteiger partial charge in [-0.25, -0.2) is 4.39 Å². The van der Waals surface area contributed by atoms with E-state index in [1.807, 2.05) is 0 Å². The van der Waals surface area contributed by atoms with E-state index in [1.165, 1.54) is 25.1 Å². The Morgan fingerprint density at radius 1 is 1.40 bits per heavy atom. The number of carbonyl (C=O) groups excluding carboxylic acids is 2. The number of esters is 1. The number of ether oxygens (including phenoxy) is 1. The van der Waals surface area contributed by atoms with Crippen LogP contribution >= 0.6 is 0 Å². The van der Waals surface area contributed by atoms with Crippen LogP contribution in [-0.2, 0) is 42.0 Å². The SMILES string of the molecule is CC(=O)OC(=[C]CO)c1cccc(F)c1.CC(=O)[O-].[Hg+]. The summed E-state index contributed by atoms with van der Waals surface area (Å²) in [5.41, 5.74) is 0.360. The molecule has 0 atom stereocenters. The molecule has 0 fully saturated rings. The smallest absolute Gasteiger partial charge is 0.550 e. The molecule has 1 aromatic rings. The molecular formula is C13H13FHgO5. The van der Waals surface area contributed by atoms with E-state index in [0.29, 0.717) is 5.56 Å². The number of aliphatic carboxylic acids is 1. The number of aliphatic hydroxyl groups is 1. The monoisotopic (exact) mass is 470 g/mol. The molecule has 0 unspecified atom stereocenters. The first-order chi connectivity index (χ1) is 8.86. The Kier molecular flexibility index (Phi) is 12.1. The molecule has 2 radical (unpaired) electrons. The zero-order valence-electron chi connectivity index (χ0n) is 11.2. The van der Waals surface area contributed by atoms with Gasteiger partial charge in [0.2, 0.25) is 0 Å². The Balaban J connectivity index is 0. The van der Waals surface area contributed by atoms with Gasteiger partial charge < -0.3 is 19.7 Å². The first-order valence-electron chi connectivity index (χ1n) is 5.20. The van der Waals surface area contributed by atoms with Crippen molar-refractivity contribution in [1.29, 1.82) is 0 Å². The van der Waals surface area contributed by atoms with E-state index < -0.39 is 24.4 Å². The average molecular weight is 469 g/mol. The van der Waals surface area contributed by atoms with Crippen molar-refractivity contribution >= 4 is 17.7 Å². The zero-order chi connectivity index (χ0) is 14.8. The molecule has 5 nitrogen and oxygen atoms in total. The number of carboxylic acid groups (broad SMARTS) is 1. The molecule has 7 heteroatoms. The summed E-state index contributed by atoms with van der Waals surface area (Å²) in [6.45, 7) is 1.79. The topological polar surface area (TPSA) is 86.7 Å². The fraction of sp³-hybridized carbons (Fsp3) is 0.231. The molecule has 1 rings (SSSR count). The van der Waals surface area contributed by atoms with Crippen LogP contribution in [0.25, 0.3) is 5.76 Å². The molecule has 0 spiro atoms. The van der Waals surface area contributed by atoms with Gasteiger partial charge in [0.15, 0.2) is 0 Å². The number of carboxylic acids is 1. The van der Waals surface area contributed by atoms with Gasteiger partial charge >= 0.3 is 33.6 Å². The number of hydrogen-bond acceptors (Lipinski definition) is 5. The van der Waals surface area contributed by atoms with Gasteiger partial charge in [-0.3, -0.25) is 4.79 Å². The third kappa shape index (κ3) is 10.6. The van der Waals surface area contributed by atoms with Crippen LogP contribution in [0.1, 0.15) is 19.4 Å². The van der Waals surface area contributed by atoms with E-state index in [4.69, 9.17) is 19.7 Å². The minimum Gasteiger partial charge on any atom is -0.550 e. The van der Waals surface area contributed by atoms with Crippen molar-refractivity contribution in [2.24, 2.45) is 0 Å². The van der Waals surface area contributed by atoms with Gasteiger partial charge in [0.25, 0.3) is 0 Å². The van der Waals surface area contributed by atoms with E-state index in [-0.39, 0.29) is 33.4 Å². The molecule has 104 valence electrons. The van der Waals surface area contributed by atoms with Gasteiger partial charge in [0.05, 0.1) is 6.61 Å². The van der Waals surface area contributed by atoms with E-state index in [2.05, 4.69) is 6.08 Å². The van der Waals surface area contributed by atoms with Crippen LogP contribution < -0.4 is 5.11 Å². The third-order valence-corrected chi connectivity index (χ3v) is 1.57. The minimum atomic E-state index is -1.08. The largest absolute Gasteiger partial charge is 1.00 e. The Bertz CT molecular complexity index is 470. The molecule has 0 saturated carbocycles. The van der Waals surface area contributed by atoms with Crippen molar-refractivity contribution in [1.82, 2.24) is 0 Å². The van der Waals surface area contributed by atoms with Crippen molar-refractivity contribution in [3.8, 4) is 0 Å². The fourth-order valence-electron chi connectivity index (χ4n) is 1.04. The molecule has 20 heavy (non-hydrogen) atoms. The van der Waals surface area contributed by atoms with Crippen molar-refractivity contribution in [2.75, 3.05) is 6.61 Å². The number of benzene rings is 1. The fourth-order valence-corrected chi connectivity index (χ4v) is 1.04. The van der Waals surface area contributed by atoms with Gasteiger partial charge in [-0.1, -0.05) is 12.1 Å². The summed E-state index contributed by atoms with van der Waals surface area (Å²) in [6.07, 6.45) is 2.42. The molecule has 1 N–H and O–H groups in total. The maximum Gasteiger partial charge on any atom is 1.00 e. The van der Waals surface area contributed by atoms with E-state index in [9.17, 15) is 9.18 Å². The first kappa shape index (κ1) is 21.0. The molecule has 0 aliphatic rings. The molecular weight excluding hydrogens is 456 g/mol. The minimum absolute atomic E-state index is 0. The second-order valence-electron chi connectivity index (χ2n) is 3.26. The zero-order valence-corrected chi connectivity index (χ0v) is 16.7. The van der Waals surface area contributed by atoms with Crippen molar-refractivity contribution in [2.45, 2.75) is 13.8 Å². The van der Waals surface area contributed by atoms with Gasteiger partial charge in [-0.15, -0.1) is 0 Å². The van der Waals surface area contributed by atoms with Gasteiger partial charge in [0.1, 0.15) is 11.6 Å². The van der Waals surface area contributed by atoms with Crippen LogP contribution in [0.4, 0.5) is 4.39 Å². The van der Waals surface area contributed by atoms with Crippen LogP contribution in [0, 0.1) is 11.9 Å². The number of carbonyl (C=O) groups is 2. The van der Waals surface area contributed by atoms with E-state index >= 15 is 0 Å². The maximum absolute atomic E-state index is 12.9. The van der Waals surface area contributed by atoms with Crippen molar-refractivity contribution in [3.05, 3.63) is 41.7 Å². The molecule has 0 bridgehead atoms. The van der Waals surface area contributed by atoms with Crippen LogP contribution in [0.3, 0.4) is 0 Å². The summed E-state index contributed by atoms with van der Waals surface area (Å²) in [4.78, 5) is 19.6. The van der Waals surface area contributed by atoms with Crippen LogP contribution in [0.2, 0.25) is 0 Å². The van der Waals surface area contributed by atoms with Crippen LogP contribution in [0.15, 0.2) is 24.3 Å². The molecule has 0 aliphatic heterocycles. The van der Waals surface area contributed by atoms with E-state index in [0.717, 1.165) is 6.92 Å². The predicted molar refractivity (Wildman–Crippen MR) is 62.6 cm³/mol. The molecule has 0 saturated heterocycles. The van der Waals surface area contributed by atoms with Crippen molar-refractivity contribution < 1.29 is 56.6 Å². The Morgan fingerprint density at radius 2 is 1.95 bits per heavy atom. The number of rotatable bonds is 3. The summed E-state index contributed by atoms with van der Waals surface area (Å²) in [5, 5.41) is 17.6. The van der Waals surface area contributed by atoms with Gasteiger partial charge in [-0.2, -0.15) is 0 Å². The molecule has 1 aromatic carbocycles. The quantitative estimate of drug-likeness (QED) is 0.391. The molecule has 0 heterocycles. The number of hydrogen-bond donors (Lipinski definition) is 1. The second-order valence-corrected chi connectivity index (χ2v) is 3.26.